The summed E-state index contributed by atoms with van der Waals surface area (Å²) >= 11 is 0. The zero-order chi connectivity index (χ0) is 36.4. The summed E-state index contributed by atoms with van der Waals surface area (Å²) in [7, 11) is 0. The van der Waals surface area contributed by atoms with Gasteiger partial charge in [0, 0.05) is 6.42 Å². The second-order valence-corrected chi connectivity index (χ2v) is 14.8. The molecule has 0 spiro atoms. The number of carbonyl (C=O) groups excluding carboxylic acids is 1. The molecule has 4 nitrogen and oxygen atoms in total. The first-order valence-corrected chi connectivity index (χ1v) is 21.9. The highest BCUT2D eigenvalue weighted by Gasteiger charge is 2.17. The van der Waals surface area contributed by atoms with E-state index < -0.39 is 12.1 Å². The number of aliphatic hydroxyl groups excluding tert-OH is 2. The first-order chi connectivity index (χ1) is 24.7. The van der Waals surface area contributed by atoms with E-state index in [0.29, 0.717) is 6.42 Å². The van der Waals surface area contributed by atoms with Crippen molar-refractivity contribution >= 4 is 5.91 Å². The standard InChI is InChI=1S/C46H85NO3/c1-3-5-7-9-11-13-15-17-19-21-22-23-24-26-28-30-32-34-36-38-40-42-46(50)47-44(43-48)45(49)41-39-37-35-33-31-29-27-25-20-18-16-14-12-10-8-6-4-2/h15,17,21-22,24,26,39,41,44-45,48-49H,3-14,16,18-20,23,25,27-38,40,42-43H2,1-2H3,(H,47,50)/b17-15-,22-21-,26-24-,41-39+. The van der Waals surface area contributed by atoms with E-state index in [1.165, 1.54) is 148 Å². The number of hydrogen-bond acceptors (Lipinski definition) is 3. The number of unbranched alkanes of at least 4 members (excludes halogenated alkanes) is 26. The smallest absolute Gasteiger partial charge is 0.220 e. The molecule has 0 saturated heterocycles. The van der Waals surface area contributed by atoms with Crippen molar-refractivity contribution in [3.63, 3.8) is 0 Å². The molecule has 0 heterocycles. The van der Waals surface area contributed by atoms with E-state index in [1.54, 1.807) is 6.08 Å². The maximum Gasteiger partial charge on any atom is 0.220 e. The summed E-state index contributed by atoms with van der Waals surface area (Å²) in [5.74, 6) is -0.0769. The third kappa shape index (κ3) is 37.6. The minimum absolute atomic E-state index is 0.0769. The van der Waals surface area contributed by atoms with Gasteiger partial charge in [-0.2, -0.15) is 0 Å². The van der Waals surface area contributed by atoms with Gasteiger partial charge in [0.1, 0.15) is 0 Å². The summed E-state index contributed by atoms with van der Waals surface area (Å²) in [5, 5.41) is 23.0. The van der Waals surface area contributed by atoms with Crippen LogP contribution in [0.25, 0.3) is 0 Å². The Morgan fingerprint density at radius 1 is 0.480 bits per heavy atom. The first-order valence-electron chi connectivity index (χ1n) is 21.9. The van der Waals surface area contributed by atoms with E-state index in [4.69, 9.17) is 0 Å². The van der Waals surface area contributed by atoms with Crippen LogP contribution >= 0.6 is 0 Å². The van der Waals surface area contributed by atoms with Gasteiger partial charge in [-0.3, -0.25) is 4.79 Å². The van der Waals surface area contributed by atoms with E-state index in [0.717, 1.165) is 51.4 Å². The third-order valence-electron chi connectivity index (χ3n) is 9.81. The van der Waals surface area contributed by atoms with Gasteiger partial charge in [0.2, 0.25) is 5.91 Å². The molecule has 0 aromatic carbocycles. The van der Waals surface area contributed by atoms with Gasteiger partial charge in [-0.05, 0) is 57.8 Å². The van der Waals surface area contributed by atoms with Gasteiger partial charge in [-0.25, -0.2) is 0 Å². The second-order valence-electron chi connectivity index (χ2n) is 14.8. The fraction of sp³-hybridized carbons (Fsp3) is 0.804. The number of amides is 1. The van der Waals surface area contributed by atoms with Crippen LogP contribution in [-0.4, -0.2) is 34.9 Å². The molecule has 1 amide bonds. The zero-order valence-corrected chi connectivity index (χ0v) is 33.4. The van der Waals surface area contributed by atoms with Gasteiger partial charge >= 0.3 is 0 Å². The maximum absolute atomic E-state index is 12.4. The van der Waals surface area contributed by atoms with Gasteiger partial charge in [0.15, 0.2) is 0 Å². The minimum Gasteiger partial charge on any atom is -0.394 e. The lowest BCUT2D eigenvalue weighted by molar-refractivity contribution is -0.123. The number of carbonyl (C=O) groups is 1. The van der Waals surface area contributed by atoms with Crippen LogP contribution in [-0.2, 0) is 4.79 Å². The van der Waals surface area contributed by atoms with Gasteiger partial charge in [-0.1, -0.05) is 204 Å². The fourth-order valence-electron chi connectivity index (χ4n) is 6.42. The number of allylic oxidation sites excluding steroid dienone is 7. The highest BCUT2D eigenvalue weighted by Crippen LogP contribution is 2.14. The summed E-state index contributed by atoms with van der Waals surface area (Å²) in [6.45, 7) is 4.29. The Labute approximate surface area is 312 Å². The van der Waals surface area contributed by atoms with Crippen molar-refractivity contribution in [1.82, 2.24) is 5.32 Å². The largest absolute Gasteiger partial charge is 0.394 e. The highest BCUT2D eigenvalue weighted by atomic mass is 16.3. The Morgan fingerprint density at radius 3 is 1.22 bits per heavy atom. The molecule has 0 bridgehead atoms. The van der Waals surface area contributed by atoms with Crippen LogP contribution in [0.1, 0.15) is 219 Å². The van der Waals surface area contributed by atoms with E-state index >= 15 is 0 Å². The van der Waals surface area contributed by atoms with Crippen LogP contribution < -0.4 is 5.32 Å². The lowest BCUT2D eigenvalue weighted by Gasteiger charge is -2.20. The van der Waals surface area contributed by atoms with Crippen LogP contribution in [0.15, 0.2) is 48.6 Å². The lowest BCUT2D eigenvalue weighted by Crippen LogP contribution is -2.45. The first kappa shape index (κ1) is 48.3. The van der Waals surface area contributed by atoms with Gasteiger partial charge in [0.25, 0.3) is 0 Å². The summed E-state index contributed by atoms with van der Waals surface area (Å²) < 4.78 is 0. The van der Waals surface area contributed by atoms with Crippen molar-refractivity contribution in [1.29, 1.82) is 0 Å². The van der Waals surface area contributed by atoms with Crippen molar-refractivity contribution in [2.75, 3.05) is 6.61 Å². The predicted octanol–water partition coefficient (Wildman–Crippen LogP) is 13.6. The fourth-order valence-corrected chi connectivity index (χ4v) is 6.42. The molecular formula is C46H85NO3. The van der Waals surface area contributed by atoms with Crippen LogP contribution in [0, 0.1) is 0 Å². The third-order valence-corrected chi connectivity index (χ3v) is 9.81. The average Bonchev–Trinajstić information content (AvgIpc) is 3.12. The molecule has 2 atom stereocenters. The molecule has 2 unspecified atom stereocenters. The summed E-state index contributed by atoms with van der Waals surface area (Å²) in [6, 6.07) is -0.630. The molecule has 0 aliphatic carbocycles. The molecule has 0 radical (unpaired) electrons. The second kappa shape index (κ2) is 41.8. The molecule has 0 aromatic heterocycles. The van der Waals surface area contributed by atoms with E-state index in [9.17, 15) is 15.0 Å². The van der Waals surface area contributed by atoms with Crippen LogP contribution in [0.3, 0.4) is 0 Å². The molecule has 0 fully saturated rings. The van der Waals surface area contributed by atoms with Crippen LogP contribution in [0.2, 0.25) is 0 Å². The molecule has 0 aliphatic heterocycles. The molecule has 50 heavy (non-hydrogen) atoms. The molecular weight excluding hydrogens is 615 g/mol. The monoisotopic (exact) mass is 700 g/mol. The molecule has 3 N–H and O–H groups in total. The molecule has 0 saturated carbocycles. The van der Waals surface area contributed by atoms with E-state index in [-0.39, 0.29) is 12.5 Å². The topological polar surface area (TPSA) is 69.6 Å². The van der Waals surface area contributed by atoms with Crippen molar-refractivity contribution < 1.29 is 15.0 Å². The van der Waals surface area contributed by atoms with Crippen molar-refractivity contribution in [3.05, 3.63) is 48.6 Å². The number of nitrogens with one attached hydrogen (secondary N) is 1. The summed E-state index contributed by atoms with van der Waals surface area (Å²) in [5.41, 5.74) is 0. The van der Waals surface area contributed by atoms with Crippen molar-refractivity contribution in [3.8, 4) is 0 Å². The minimum atomic E-state index is -0.845. The van der Waals surface area contributed by atoms with Crippen LogP contribution in [0.4, 0.5) is 0 Å². The van der Waals surface area contributed by atoms with E-state index in [1.807, 2.05) is 6.08 Å². The zero-order valence-electron chi connectivity index (χ0n) is 33.4. The quantitative estimate of drug-likeness (QED) is 0.0442. The van der Waals surface area contributed by atoms with Gasteiger partial charge in [-0.15, -0.1) is 0 Å². The Balaban J connectivity index is 3.62. The Kier molecular flexibility index (Phi) is 40.4. The number of aliphatic hydroxyl groups is 2. The Morgan fingerprint density at radius 2 is 0.820 bits per heavy atom. The van der Waals surface area contributed by atoms with Gasteiger partial charge < -0.3 is 15.5 Å². The maximum atomic E-state index is 12.4. The normalized spacial score (nSPS) is 13.4. The predicted molar refractivity (Wildman–Crippen MR) is 221 cm³/mol. The molecule has 0 aromatic rings. The Hall–Kier alpha value is -1.65. The average molecular weight is 700 g/mol. The summed E-state index contributed by atoms with van der Waals surface area (Å²) in [6.07, 6.45) is 56.4. The highest BCUT2D eigenvalue weighted by molar-refractivity contribution is 5.76. The SMILES string of the molecule is CCCCCCC/C=C\C/C=C\C/C=C\CCCCCCCCC(=O)NC(CO)C(O)/C=C/CCCCCCCCCCCCCCCCC. The molecule has 0 aliphatic rings. The molecule has 0 rings (SSSR count). The van der Waals surface area contributed by atoms with E-state index in [2.05, 4.69) is 55.6 Å². The van der Waals surface area contributed by atoms with Gasteiger partial charge in [0.05, 0.1) is 18.8 Å². The number of rotatable bonds is 39. The lowest BCUT2D eigenvalue weighted by atomic mass is 10.0. The summed E-state index contributed by atoms with van der Waals surface area (Å²) in [4.78, 5) is 12.4. The van der Waals surface area contributed by atoms with Crippen molar-refractivity contribution in [2.24, 2.45) is 0 Å². The van der Waals surface area contributed by atoms with Crippen LogP contribution in [0.5, 0.6) is 0 Å². The molecule has 292 valence electrons. The van der Waals surface area contributed by atoms with Crippen molar-refractivity contribution in [2.45, 2.75) is 231 Å². The molecule has 4 heteroatoms. The number of hydrogen-bond donors (Lipinski definition) is 3. The Bertz CT molecular complexity index is 801.